The molecule has 0 saturated heterocycles. The van der Waals surface area contributed by atoms with Gasteiger partial charge in [0.25, 0.3) is 5.91 Å². The van der Waals surface area contributed by atoms with Gasteiger partial charge in [-0.25, -0.2) is 4.98 Å². The van der Waals surface area contributed by atoms with Crippen LogP contribution in [0.2, 0.25) is 5.02 Å². The third-order valence-electron chi connectivity index (χ3n) is 4.01. The molecule has 7 nitrogen and oxygen atoms in total. The van der Waals surface area contributed by atoms with E-state index in [1.54, 1.807) is 18.2 Å². The van der Waals surface area contributed by atoms with Crippen molar-refractivity contribution in [1.82, 2.24) is 10.3 Å². The lowest BCUT2D eigenvalue weighted by atomic mass is 10.2. The highest BCUT2D eigenvalue weighted by atomic mass is 35.5. The van der Waals surface area contributed by atoms with E-state index in [0.717, 1.165) is 16.6 Å². The van der Waals surface area contributed by atoms with Crippen LogP contribution >= 0.6 is 35.2 Å². The summed E-state index contributed by atoms with van der Waals surface area (Å²) in [6, 6.07) is 10.2. The summed E-state index contributed by atoms with van der Waals surface area (Å²) in [6.45, 7) is 1.95. The van der Waals surface area contributed by atoms with Crippen LogP contribution in [0.15, 0.2) is 36.4 Å². The van der Waals surface area contributed by atoms with Crippen LogP contribution in [0.25, 0.3) is 10.2 Å². The maximum atomic E-state index is 12.4. The molecule has 1 aromatic heterocycles. The Morgan fingerprint density at radius 3 is 2.70 bits per heavy atom. The van der Waals surface area contributed by atoms with Crippen LogP contribution in [0, 0.1) is 0 Å². The van der Waals surface area contributed by atoms with Crippen LogP contribution < -0.4 is 20.7 Å². The van der Waals surface area contributed by atoms with Crippen molar-refractivity contribution in [1.29, 1.82) is 0 Å². The molecule has 1 heterocycles. The summed E-state index contributed by atoms with van der Waals surface area (Å²) in [5.41, 5.74) is 1.81. The SMILES string of the molecule is CCCC(=O)Nc1nc2ccc(NC(=S)NC(=O)c3ccc(OC)c(Cl)c3)cc2s1. The maximum absolute atomic E-state index is 12.4. The number of carbonyl (C=O) groups is 2. The topological polar surface area (TPSA) is 92.4 Å². The third kappa shape index (κ3) is 5.44. The average molecular weight is 463 g/mol. The standard InChI is InChI=1S/C20H19ClN4O3S2/c1-3-4-17(26)24-20-23-14-7-6-12(10-16(14)30-20)22-19(29)25-18(27)11-5-8-15(28-2)13(21)9-11/h5-10H,3-4H2,1-2H3,(H,23,24,26)(H2,22,25,27,29). The number of nitrogens with one attached hydrogen (secondary N) is 3. The van der Waals surface area contributed by atoms with E-state index in [-0.39, 0.29) is 11.0 Å². The fraction of sp³-hybridized carbons (Fsp3) is 0.200. The molecule has 156 valence electrons. The van der Waals surface area contributed by atoms with Crippen molar-refractivity contribution >= 4 is 73.1 Å². The summed E-state index contributed by atoms with van der Waals surface area (Å²) in [4.78, 5) is 28.5. The second-order valence-corrected chi connectivity index (χ2v) is 8.10. The minimum Gasteiger partial charge on any atom is -0.495 e. The molecular weight excluding hydrogens is 444 g/mol. The van der Waals surface area contributed by atoms with Gasteiger partial charge in [-0.05, 0) is 55.0 Å². The molecule has 3 rings (SSSR count). The molecule has 0 unspecified atom stereocenters. The van der Waals surface area contributed by atoms with Gasteiger partial charge < -0.3 is 15.4 Å². The molecule has 0 spiro atoms. The first-order valence-corrected chi connectivity index (χ1v) is 10.7. The lowest BCUT2D eigenvalue weighted by molar-refractivity contribution is -0.116. The number of ether oxygens (including phenoxy) is 1. The van der Waals surface area contributed by atoms with Crippen LogP contribution in [0.5, 0.6) is 5.75 Å². The largest absolute Gasteiger partial charge is 0.495 e. The van der Waals surface area contributed by atoms with Crippen molar-refractivity contribution in [2.45, 2.75) is 19.8 Å². The van der Waals surface area contributed by atoms with E-state index in [1.165, 1.54) is 24.5 Å². The fourth-order valence-corrected chi connectivity index (χ4v) is 4.00. The Bertz CT molecular complexity index is 1120. The van der Waals surface area contributed by atoms with Gasteiger partial charge in [0.1, 0.15) is 5.75 Å². The Hall–Kier alpha value is -2.75. The van der Waals surface area contributed by atoms with E-state index < -0.39 is 5.91 Å². The quantitative estimate of drug-likeness (QED) is 0.455. The van der Waals surface area contributed by atoms with Crippen molar-refractivity contribution in [3.05, 3.63) is 47.0 Å². The first-order chi connectivity index (χ1) is 14.4. The monoisotopic (exact) mass is 462 g/mol. The molecule has 3 aromatic rings. The van der Waals surface area contributed by atoms with E-state index in [0.29, 0.717) is 33.6 Å². The smallest absolute Gasteiger partial charge is 0.257 e. The number of fused-ring (bicyclic) bond motifs is 1. The molecule has 0 aliphatic carbocycles. The fourth-order valence-electron chi connectivity index (χ4n) is 2.61. The summed E-state index contributed by atoms with van der Waals surface area (Å²) in [7, 11) is 1.50. The third-order valence-corrected chi connectivity index (χ3v) is 5.44. The second-order valence-electron chi connectivity index (χ2n) is 6.26. The van der Waals surface area contributed by atoms with Gasteiger partial charge in [0, 0.05) is 17.7 Å². The lowest BCUT2D eigenvalue weighted by Crippen LogP contribution is -2.34. The van der Waals surface area contributed by atoms with Gasteiger partial charge in [0.05, 0.1) is 22.3 Å². The molecule has 3 N–H and O–H groups in total. The summed E-state index contributed by atoms with van der Waals surface area (Å²) in [6.07, 6.45) is 1.23. The number of aromatic nitrogens is 1. The van der Waals surface area contributed by atoms with Crippen LogP contribution in [-0.2, 0) is 4.79 Å². The average Bonchev–Trinajstić information content (AvgIpc) is 3.09. The summed E-state index contributed by atoms with van der Waals surface area (Å²) < 4.78 is 5.96. The Balaban J connectivity index is 1.65. The highest BCUT2D eigenvalue weighted by Gasteiger charge is 2.12. The van der Waals surface area contributed by atoms with Gasteiger partial charge in [-0.1, -0.05) is 29.9 Å². The highest BCUT2D eigenvalue weighted by molar-refractivity contribution is 7.80. The Morgan fingerprint density at radius 1 is 1.20 bits per heavy atom. The Morgan fingerprint density at radius 2 is 2.00 bits per heavy atom. The number of benzene rings is 2. The summed E-state index contributed by atoms with van der Waals surface area (Å²) in [5.74, 6) is 0.0336. The lowest BCUT2D eigenvalue weighted by Gasteiger charge is -2.10. The molecule has 0 fully saturated rings. The van der Waals surface area contributed by atoms with E-state index in [4.69, 9.17) is 28.6 Å². The molecule has 2 amide bonds. The summed E-state index contributed by atoms with van der Waals surface area (Å²) in [5, 5.41) is 9.42. The molecule has 2 aromatic carbocycles. The van der Waals surface area contributed by atoms with Crippen LogP contribution in [0.4, 0.5) is 10.8 Å². The van der Waals surface area contributed by atoms with Crippen molar-refractivity contribution in [2.24, 2.45) is 0 Å². The van der Waals surface area contributed by atoms with Crippen LogP contribution in [0.3, 0.4) is 0 Å². The molecule has 10 heteroatoms. The van der Waals surface area contributed by atoms with Crippen LogP contribution in [0.1, 0.15) is 30.1 Å². The van der Waals surface area contributed by atoms with Gasteiger partial charge in [0.2, 0.25) is 5.91 Å². The first-order valence-electron chi connectivity index (χ1n) is 9.06. The first kappa shape index (κ1) is 21.9. The maximum Gasteiger partial charge on any atom is 0.257 e. The van der Waals surface area contributed by atoms with Gasteiger partial charge in [-0.15, -0.1) is 0 Å². The number of amides is 2. The predicted octanol–water partition coefficient (Wildman–Crippen LogP) is 4.82. The molecule has 0 aliphatic heterocycles. The number of thiazole rings is 1. The van der Waals surface area contributed by atoms with E-state index in [1.807, 2.05) is 19.1 Å². The zero-order chi connectivity index (χ0) is 21.7. The number of methoxy groups -OCH3 is 1. The molecule has 0 atom stereocenters. The molecular formula is C20H19ClN4O3S2. The van der Waals surface area contributed by atoms with Gasteiger partial charge >= 0.3 is 0 Å². The number of nitrogens with zero attached hydrogens (tertiary/aromatic N) is 1. The molecule has 0 bridgehead atoms. The molecule has 30 heavy (non-hydrogen) atoms. The van der Waals surface area contributed by atoms with E-state index in [2.05, 4.69) is 20.9 Å². The molecule has 0 saturated carbocycles. The van der Waals surface area contributed by atoms with Crippen molar-refractivity contribution in [2.75, 3.05) is 17.7 Å². The molecule has 0 aliphatic rings. The molecule has 0 radical (unpaired) electrons. The number of thiocarbonyl (C=S) groups is 1. The van der Waals surface area contributed by atoms with Crippen molar-refractivity contribution < 1.29 is 14.3 Å². The highest BCUT2D eigenvalue weighted by Crippen LogP contribution is 2.28. The normalized spacial score (nSPS) is 10.5. The van der Waals surface area contributed by atoms with Crippen molar-refractivity contribution in [3.8, 4) is 5.75 Å². The minimum atomic E-state index is -0.392. The second kappa shape index (κ2) is 9.84. The van der Waals surface area contributed by atoms with Crippen LogP contribution in [-0.4, -0.2) is 29.0 Å². The Kier molecular flexibility index (Phi) is 7.20. The minimum absolute atomic E-state index is 0.0579. The number of hydrogen-bond donors (Lipinski definition) is 3. The number of carbonyl (C=O) groups excluding carboxylic acids is 2. The number of hydrogen-bond acceptors (Lipinski definition) is 6. The Labute approximate surface area is 187 Å². The number of rotatable bonds is 6. The predicted molar refractivity (Wildman–Crippen MR) is 125 cm³/mol. The number of anilines is 2. The van der Waals surface area contributed by atoms with Gasteiger partial charge in [0.15, 0.2) is 10.2 Å². The summed E-state index contributed by atoms with van der Waals surface area (Å²) >= 11 is 12.7. The zero-order valence-electron chi connectivity index (χ0n) is 16.2. The zero-order valence-corrected chi connectivity index (χ0v) is 18.6. The van der Waals surface area contributed by atoms with Gasteiger partial charge in [-0.2, -0.15) is 0 Å². The van der Waals surface area contributed by atoms with Gasteiger partial charge in [-0.3, -0.25) is 14.9 Å². The van der Waals surface area contributed by atoms with E-state index >= 15 is 0 Å². The van der Waals surface area contributed by atoms with Crippen molar-refractivity contribution in [3.63, 3.8) is 0 Å². The van der Waals surface area contributed by atoms with E-state index in [9.17, 15) is 9.59 Å². The number of halogens is 1.